The Balaban J connectivity index is 1.83. The van der Waals surface area contributed by atoms with Crippen LogP contribution in [0, 0.1) is 5.92 Å². The van der Waals surface area contributed by atoms with Gasteiger partial charge in [-0.25, -0.2) is 0 Å². The van der Waals surface area contributed by atoms with Crippen molar-refractivity contribution in [3.8, 4) is 0 Å². The molecular weight excluding hydrogens is 288 g/mol. The lowest BCUT2D eigenvalue weighted by Crippen LogP contribution is -2.45. The summed E-state index contributed by atoms with van der Waals surface area (Å²) in [5, 5.41) is 0. The first-order chi connectivity index (χ1) is 11.0. The van der Waals surface area contributed by atoms with Crippen LogP contribution in [0.1, 0.15) is 55.5 Å². The molecule has 1 saturated heterocycles. The van der Waals surface area contributed by atoms with Gasteiger partial charge in [0.05, 0.1) is 0 Å². The number of carbonyl (C=O) groups is 2. The molecule has 1 fully saturated rings. The van der Waals surface area contributed by atoms with Crippen LogP contribution in [0.4, 0.5) is 0 Å². The van der Waals surface area contributed by atoms with Crippen molar-refractivity contribution in [1.82, 2.24) is 4.90 Å². The number of hydrogen-bond donors (Lipinski definition) is 1. The third-order valence-corrected chi connectivity index (χ3v) is 4.30. The van der Waals surface area contributed by atoms with E-state index in [9.17, 15) is 9.59 Å². The predicted octanol–water partition coefficient (Wildman–Crippen LogP) is 2.80. The van der Waals surface area contributed by atoms with Crippen LogP contribution in [0.3, 0.4) is 0 Å². The van der Waals surface area contributed by atoms with Gasteiger partial charge in [0.1, 0.15) is 0 Å². The molecular formula is C19H28N2O2. The van der Waals surface area contributed by atoms with E-state index in [2.05, 4.69) is 13.8 Å². The van der Waals surface area contributed by atoms with Gasteiger partial charge in [0, 0.05) is 37.5 Å². The van der Waals surface area contributed by atoms with Crippen LogP contribution in [0.15, 0.2) is 24.3 Å². The molecule has 0 saturated carbocycles. The van der Waals surface area contributed by atoms with Crippen LogP contribution < -0.4 is 5.73 Å². The van der Waals surface area contributed by atoms with E-state index in [1.54, 1.807) is 4.90 Å². The zero-order valence-corrected chi connectivity index (χ0v) is 14.3. The molecule has 0 aliphatic carbocycles. The van der Waals surface area contributed by atoms with Gasteiger partial charge in [-0.1, -0.05) is 38.1 Å². The highest BCUT2D eigenvalue weighted by Crippen LogP contribution is 2.14. The number of hydrogen-bond acceptors (Lipinski definition) is 3. The Bertz CT molecular complexity index is 537. The molecule has 1 aromatic rings. The molecule has 4 heteroatoms. The van der Waals surface area contributed by atoms with Gasteiger partial charge in [-0.05, 0) is 30.7 Å². The summed E-state index contributed by atoms with van der Waals surface area (Å²) < 4.78 is 0. The van der Waals surface area contributed by atoms with Gasteiger partial charge in [-0.2, -0.15) is 0 Å². The van der Waals surface area contributed by atoms with E-state index in [4.69, 9.17) is 5.73 Å². The lowest BCUT2D eigenvalue weighted by atomic mass is 9.99. The van der Waals surface area contributed by atoms with Crippen LogP contribution in [0.2, 0.25) is 0 Å². The maximum absolute atomic E-state index is 12.2. The molecule has 0 aromatic heterocycles. The summed E-state index contributed by atoms with van der Waals surface area (Å²) in [6.45, 7) is 5.75. The molecule has 23 heavy (non-hydrogen) atoms. The molecule has 126 valence electrons. The van der Waals surface area contributed by atoms with E-state index in [0.29, 0.717) is 18.0 Å². The zero-order valence-electron chi connectivity index (χ0n) is 14.3. The topological polar surface area (TPSA) is 63.4 Å². The minimum Gasteiger partial charge on any atom is -0.341 e. The summed E-state index contributed by atoms with van der Waals surface area (Å²) in [6.07, 6.45) is 3.50. The average molecular weight is 316 g/mol. The van der Waals surface area contributed by atoms with Crippen LogP contribution in [0.5, 0.6) is 0 Å². The third kappa shape index (κ3) is 5.47. The molecule has 1 atom stereocenters. The fourth-order valence-electron chi connectivity index (χ4n) is 3.06. The number of piperidine rings is 1. The fourth-order valence-corrected chi connectivity index (χ4v) is 3.06. The van der Waals surface area contributed by atoms with Gasteiger partial charge in [0.15, 0.2) is 5.78 Å². The summed E-state index contributed by atoms with van der Waals surface area (Å²) in [6, 6.07) is 7.86. The van der Waals surface area contributed by atoms with Gasteiger partial charge in [-0.3, -0.25) is 9.59 Å². The molecule has 1 heterocycles. The number of nitrogens with zero attached hydrogens (tertiary/aromatic N) is 1. The Morgan fingerprint density at radius 3 is 2.52 bits per heavy atom. The second kappa shape index (κ2) is 8.25. The molecule has 1 aliphatic heterocycles. The summed E-state index contributed by atoms with van der Waals surface area (Å²) in [7, 11) is 0. The van der Waals surface area contributed by atoms with Crippen molar-refractivity contribution < 1.29 is 9.59 Å². The lowest BCUT2D eigenvalue weighted by molar-refractivity contribution is -0.132. The number of carbonyl (C=O) groups excluding carboxylic acids is 2. The van der Waals surface area contributed by atoms with E-state index < -0.39 is 0 Å². The SMILES string of the molecule is CC(C)Cc1ccc(C(=O)CCC(=O)N2CCCC(N)C2)cc1. The smallest absolute Gasteiger partial charge is 0.223 e. The predicted molar refractivity (Wildman–Crippen MR) is 92.3 cm³/mol. The highest BCUT2D eigenvalue weighted by Gasteiger charge is 2.21. The summed E-state index contributed by atoms with van der Waals surface area (Å²) in [5.41, 5.74) is 7.84. The molecule has 4 nitrogen and oxygen atoms in total. The van der Waals surface area contributed by atoms with Crippen LogP contribution >= 0.6 is 0 Å². The van der Waals surface area contributed by atoms with Gasteiger partial charge in [0.25, 0.3) is 0 Å². The van der Waals surface area contributed by atoms with Gasteiger partial charge >= 0.3 is 0 Å². The maximum Gasteiger partial charge on any atom is 0.223 e. The van der Waals surface area contributed by atoms with Crippen molar-refractivity contribution in [2.24, 2.45) is 11.7 Å². The molecule has 1 unspecified atom stereocenters. The van der Waals surface area contributed by atoms with Crippen LogP contribution in [0.25, 0.3) is 0 Å². The number of rotatable bonds is 6. The van der Waals surface area contributed by atoms with Gasteiger partial charge < -0.3 is 10.6 Å². The highest BCUT2D eigenvalue weighted by atomic mass is 16.2. The van der Waals surface area contributed by atoms with Crippen molar-refractivity contribution in [2.45, 2.75) is 52.0 Å². The summed E-state index contributed by atoms with van der Waals surface area (Å²) in [5.74, 6) is 0.686. The number of benzene rings is 1. The van der Waals surface area contributed by atoms with Crippen molar-refractivity contribution >= 4 is 11.7 Å². The largest absolute Gasteiger partial charge is 0.341 e. The second-order valence-corrected chi connectivity index (χ2v) is 6.96. The van der Waals surface area contributed by atoms with Crippen molar-refractivity contribution in [1.29, 1.82) is 0 Å². The van der Waals surface area contributed by atoms with Crippen molar-refractivity contribution in [3.05, 3.63) is 35.4 Å². The summed E-state index contributed by atoms with van der Waals surface area (Å²) in [4.78, 5) is 26.2. The fraction of sp³-hybridized carbons (Fsp3) is 0.579. The summed E-state index contributed by atoms with van der Waals surface area (Å²) >= 11 is 0. The first-order valence-electron chi connectivity index (χ1n) is 8.61. The average Bonchev–Trinajstić information content (AvgIpc) is 2.52. The van der Waals surface area contributed by atoms with Crippen LogP contribution in [-0.4, -0.2) is 35.7 Å². The minimum absolute atomic E-state index is 0.0377. The molecule has 1 aromatic carbocycles. The number of Topliss-reactive ketones (excluding diaryl/α,β-unsaturated/α-hetero) is 1. The molecule has 0 radical (unpaired) electrons. The third-order valence-electron chi connectivity index (χ3n) is 4.30. The second-order valence-electron chi connectivity index (χ2n) is 6.96. The van der Waals surface area contributed by atoms with E-state index in [-0.39, 0.29) is 30.6 Å². The first kappa shape index (κ1) is 17.7. The number of amides is 1. The first-order valence-corrected chi connectivity index (χ1v) is 8.61. The molecule has 2 rings (SSSR count). The monoisotopic (exact) mass is 316 g/mol. The molecule has 1 amide bonds. The van der Waals surface area contributed by atoms with E-state index >= 15 is 0 Å². The number of ketones is 1. The minimum atomic E-state index is 0.0377. The Labute approximate surface area is 139 Å². The number of nitrogens with two attached hydrogens (primary N) is 1. The van der Waals surface area contributed by atoms with Gasteiger partial charge in [0.2, 0.25) is 5.91 Å². The molecule has 0 spiro atoms. The Kier molecular flexibility index (Phi) is 6.34. The Morgan fingerprint density at radius 1 is 1.22 bits per heavy atom. The Morgan fingerprint density at radius 2 is 1.91 bits per heavy atom. The standard InChI is InChI=1S/C19H28N2O2/c1-14(2)12-15-5-7-16(8-6-15)18(22)9-10-19(23)21-11-3-4-17(20)13-21/h5-8,14,17H,3-4,9-13,20H2,1-2H3. The zero-order chi connectivity index (χ0) is 16.8. The molecule has 0 bridgehead atoms. The van der Waals surface area contributed by atoms with Crippen molar-refractivity contribution in [3.63, 3.8) is 0 Å². The molecule has 2 N–H and O–H groups in total. The number of likely N-dealkylation sites (tertiary alicyclic amines) is 1. The lowest BCUT2D eigenvalue weighted by Gasteiger charge is -2.30. The Hall–Kier alpha value is -1.68. The maximum atomic E-state index is 12.2. The van der Waals surface area contributed by atoms with Gasteiger partial charge in [-0.15, -0.1) is 0 Å². The van der Waals surface area contributed by atoms with E-state index in [1.807, 2.05) is 24.3 Å². The highest BCUT2D eigenvalue weighted by molar-refractivity contribution is 5.98. The van der Waals surface area contributed by atoms with Crippen LogP contribution in [-0.2, 0) is 11.2 Å². The normalized spacial score (nSPS) is 18.3. The van der Waals surface area contributed by atoms with Crippen molar-refractivity contribution in [2.75, 3.05) is 13.1 Å². The molecule has 1 aliphatic rings. The quantitative estimate of drug-likeness (QED) is 0.821. The van der Waals surface area contributed by atoms with E-state index in [1.165, 1.54) is 5.56 Å². The van der Waals surface area contributed by atoms with E-state index in [0.717, 1.165) is 25.8 Å².